The van der Waals surface area contributed by atoms with Crippen molar-refractivity contribution in [2.75, 3.05) is 0 Å². The van der Waals surface area contributed by atoms with E-state index in [2.05, 4.69) is 21.2 Å². The molecule has 17 heavy (non-hydrogen) atoms. The van der Waals surface area contributed by atoms with Crippen LogP contribution in [0.4, 0.5) is 0 Å². The Morgan fingerprint density at radius 3 is 2.82 bits per heavy atom. The van der Waals surface area contributed by atoms with Crippen LogP contribution in [0.2, 0.25) is 5.02 Å². The second kappa shape index (κ2) is 6.19. The van der Waals surface area contributed by atoms with Crippen molar-refractivity contribution >= 4 is 27.5 Å². The molecule has 0 aromatic heterocycles. The molecule has 2 nitrogen and oxygen atoms in total. The van der Waals surface area contributed by atoms with Crippen LogP contribution in [0.3, 0.4) is 0 Å². The first-order valence-electron chi connectivity index (χ1n) is 6.02. The van der Waals surface area contributed by atoms with Gasteiger partial charge in [0.15, 0.2) is 0 Å². The van der Waals surface area contributed by atoms with E-state index in [1.807, 2.05) is 18.2 Å². The van der Waals surface area contributed by atoms with Crippen molar-refractivity contribution in [3.8, 4) is 0 Å². The first-order chi connectivity index (χ1) is 8.16. The maximum Gasteiger partial charge on any atom is 0.0693 e. The average Bonchev–Trinajstić information content (AvgIpc) is 2.30. The first kappa shape index (κ1) is 13.3. The van der Waals surface area contributed by atoms with E-state index in [9.17, 15) is 5.11 Å². The number of aliphatic hydroxyl groups excluding tert-OH is 1. The number of aliphatic hydroxyl groups is 1. The molecular weight excluding hydrogens is 302 g/mol. The van der Waals surface area contributed by atoms with Gasteiger partial charge in [0.25, 0.3) is 0 Å². The molecule has 2 atom stereocenters. The number of nitrogens with one attached hydrogen (secondary N) is 1. The molecule has 0 spiro atoms. The van der Waals surface area contributed by atoms with Crippen LogP contribution in [0.15, 0.2) is 22.7 Å². The van der Waals surface area contributed by atoms with Crippen LogP contribution in [0.5, 0.6) is 0 Å². The molecule has 2 unspecified atom stereocenters. The van der Waals surface area contributed by atoms with Gasteiger partial charge >= 0.3 is 0 Å². The van der Waals surface area contributed by atoms with E-state index >= 15 is 0 Å². The fourth-order valence-corrected chi connectivity index (χ4v) is 3.08. The predicted molar refractivity (Wildman–Crippen MR) is 74.3 cm³/mol. The summed E-state index contributed by atoms with van der Waals surface area (Å²) in [6.07, 6.45) is 4.13. The van der Waals surface area contributed by atoms with Crippen molar-refractivity contribution in [1.82, 2.24) is 5.32 Å². The molecule has 0 amide bonds. The van der Waals surface area contributed by atoms with E-state index in [1.165, 1.54) is 12.0 Å². The molecule has 0 aliphatic heterocycles. The fourth-order valence-electron chi connectivity index (χ4n) is 2.26. The molecule has 1 fully saturated rings. The minimum absolute atomic E-state index is 0.199. The highest BCUT2D eigenvalue weighted by Crippen LogP contribution is 2.23. The van der Waals surface area contributed by atoms with Gasteiger partial charge in [0.05, 0.1) is 6.10 Å². The Morgan fingerprint density at radius 2 is 2.12 bits per heavy atom. The summed E-state index contributed by atoms with van der Waals surface area (Å²) in [5.74, 6) is 0. The summed E-state index contributed by atoms with van der Waals surface area (Å²) in [5.41, 5.74) is 1.17. The summed E-state index contributed by atoms with van der Waals surface area (Å²) in [5, 5.41) is 14.0. The standard InChI is InChI=1S/C13H17BrClNO/c14-11-7-10(15)6-5-9(11)8-16-12-3-1-2-4-13(12)17/h5-7,12-13,16-17H,1-4,8H2. The summed E-state index contributed by atoms with van der Waals surface area (Å²) in [6.45, 7) is 0.763. The van der Waals surface area contributed by atoms with Crippen LogP contribution in [0.1, 0.15) is 31.2 Å². The lowest BCUT2D eigenvalue weighted by Gasteiger charge is -2.28. The van der Waals surface area contributed by atoms with Gasteiger partial charge in [-0.05, 0) is 30.5 Å². The van der Waals surface area contributed by atoms with Gasteiger partial charge in [0.1, 0.15) is 0 Å². The quantitative estimate of drug-likeness (QED) is 0.894. The molecule has 0 radical (unpaired) electrons. The maximum absolute atomic E-state index is 9.87. The van der Waals surface area contributed by atoms with Crippen molar-refractivity contribution in [3.05, 3.63) is 33.3 Å². The molecule has 4 heteroatoms. The Hall–Kier alpha value is -0.0900. The molecule has 0 bridgehead atoms. The first-order valence-corrected chi connectivity index (χ1v) is 7.19. The molecular formula is C13H17BrClNO. The second-order valence-electron chi connectivity index (χ2n) is 4.57. The van der Waals surface area contributed by atoms with Crippen molar-refractivity contribution in [2.24, 2.45) is 0 Å². The summed E-state index contributed by atoms with van der Waals surface area (Å²) < 4.78 is 1.02. The zero-order chi connectivity index (χ0) is 12.3. The Labute approximate surface area is 115 Å². The van der Waals surface area contributed by atoms with Gasteiger partial charge in [-0.15, -0.1) is 0 Å². The number of rotatable bonds is 3. The van der Waals surface area contributed by atoms with Crippen molar-refractivity contribution in [1.29, 1.82) is 0 Å². The minimum atomic E-state index is -0.199. The maximum atomic E-state index is 9.87. The molecule has 1 aromatic rings. The minimum Gasteiger partial charge on any atom is -0.392 e. The van der Waals surface area contributed by atoms with Crippen molar-refractivity contribution in [3.63, 3.8) is 0 Å². The fraction of sp³-hybridized carbons (Fsp3) is 0.538. The highest BCUT2D eigenvalue weighted by atomic mass is 79.9. The Bertz CT molecular complexity index is 386. The summed E-state index contributed by atoms with van der Waals surface area (Å²) >= 11 is 9.40. The molecule has 1 aliphatic rings. The third-order valence-electron chi connectivity index (χ3n) is 3.30. The second-order valence-corrected chi connectivity index (χ2v) is 5.87. The number of benzene rings is 1. The predicted octanol–water partition coefficient (Wildman–Crippen LogP) is 3.50. The number of halogens is 2. The van der Waals surface area contributed by atoms with E-state index in [1.54, 1.807) is 0 Å². The Kier molecular flexibility index (Phi) is 4.86. The molecule has 1 saturated carbocycles. The molecule has 2 rings (SSSR count). The summed E-state index contributed by atoms with van der Waals surface area (Å²) in [6, 6.07) is 6.02. The van der Waals surface area contributed by atoms with Crippen molar-refractivity contribution in [2.45, 2.75) is 44.4 Å². The smallest absolute Gasteiger partial charge is 0.0693 e. The normalized spacial score (nSPS) is 24.9. The zero-order valence-corrected chi connectivity index (χ0v) is 12.0. The summed E-state index contributed by atoms with van der Waals surface area (Å²) in [7, 11) is 0. The van der Waals surface area contributed by atoms with Gasteiger partial charge in [-0.25, -0.2) is 0 Å². The lowest BCUT2D eigenvalue weighted by atomic mass is 9.92. The molecule has 1 aromatic carbocycles. The summed E-state index contributed by atoms with van der Waals surface area (Å²) in [4.78, 5) is 0. The topological polar surface area (TPSA) is 32.3 Å². The van der Waals surface area contributed by atoms with E-state index < -0.39 is 0 Å². The van der Waals surface area contributed by atoms with Crippen LogP contribution >= 0.6 is 27.5 Å². The molecule has 1 aliphatic carbocycles. The Balaban J connectivity index is 1.92. The van der Waals surface area contributed by atoms with Gasteiger partial charge in [0, 0.05) is 22.1 Å². The van der Waals surface area contributed by atoms with E-state index in [0.29, 0.717) is 0 Å². The van der Waals surface area contributed by atoms with E-state index in [-0.39, 0.29) is 12.1 Å². The molecule has 0 heterocycles. The third kappa shape index (κ3) is 3.68. The molecule has 2 N–H and O–H groups in total. The zero-order valence-electron chi connectivity index (χ0n) is 9.63. The lowest BCUT2D eigenvalue weighted by molar-refractivity contribution is 0.0902. The van der Waals surface area contributed by atoms with Gasteiger partial charge in [0.2, 0.25) is 0 Å². The van der Waals surface area contributed by atoms with E-state index in [0.717, 1.165) is 35.3 Å². The average molecular weight is 319 g/mol. The Morgan fingerprint density at radius 1 is 1.35 bits per heavy atom. The van der Waals surface area contributed by atoms with Crippen LogP contribution in [0, 0.1) is 0 Å². The van der Waals surface area contributed by atoms with Gasteiger partial charge in [-0.1, -0.05) is 46.4 Å². The van der Waals surface area contributed by atoms with Gasteiger partial charge < -0.3 is 10.4 Å². The van der Waals surface area contributed by atoms with Crippen LogP contribution in [-0.4, -0.2) is 17.3 Å². The van der Waals surface area contributed by atoms with Gasteiger partial charge in [-0.2, -0.15) is 0 Å². The third-order valence-corrected chi connectivity index (χ3v) is 4.27. The van der Waals surface area contributed by atoms with Crippen LogP contribution in [-0.2, 0) is 6.54 Å². The number of hydrogen-bond donors (Lipinski definition) is 2. The number of hydrogen-bond acceptors (Lipinski definition) is 2. The highest BCUT2D eigenvalue weighted by Gasteiger charge is 2.22. The SMILES string of the molecule is OC1CCCCC1NCc1ccc(Cl)cc1Br. The highest BCUT2D eigenvalue weighted by molar-refractivity contribution is 9.10. The monoisotopic (exact) mass is 317 g/mol. The van der Waals surface area contributed by atoms with Gasteiger partial charge in [-0.3, -0.25) is 0 Å². The molecule has 94 valence electrons. The van der Waals surface area contributed by atoms with Crippen LogP contribution < -0.4 is 5.32 Å². The largest absolute Gasteiger partial charge is 0.392 e. The van der Waals surface area contributed by atoms with E-state index in [4.69, 9.17) is 11.6 Å². The lowest BCUT2D eigenvalue weighted by Crippen LogP contribution is -2.41. The van der Waals surface area contributed by atoms with Crippen molar-refractivity contribution < 1.29 is 5.11 Å². The molecule has 0 saturated heterocycles. The van der Waals surface area contributed by atoms with Crippen LogP contribution in [0.25, 0.3) is 0 Å².